The number of thiocarbonyl (C=S) groups is 1. The van der Waals surface area contributed by atoms with Crippen LogP contribution in [0.15, 0.2) is 53.4 Å². The van der Waals surface area contributed by atoms with Crippen LogP contribution in [0.2, 0.25) is 5.02 Å². The molecule has 1 atom stereocenters. The fourth-order valence-corrected chi connectivity index (χ4v) is 5.28. The van der Waals surface area contributed by atoms with Crippen molar-refractivity contribution in [3.8, 4) is 0 Å². The molecular weight excluding hydrogens is 424 g/mol. The Hall–Kier alpha value is -2.15. The molecule has 0 saturated carbocycles. The first kappa shape index (κ1) is 20.1. The fourth-order valence-electron chi connectivity index (χ4n) is 3.55. The highest BCUT2D eigenvalue weighted by Gasteiger charge is 2.43. The molecule has 7 heteroatoms. The number of anilines is 1. The van der Waals surface area contributed by atoms with E-state index >= 15 is 0 Å². The van der Waals surface area contributed by atoms with E-state index in [2.05, 4.69) is 0 Å². The molecule has 2 aromatic rings. The zero-order chi connectivity index (χ0) is 20.7. The summed E-state index contributed by atoms with van der Waals surface area (Å²) in [6, 6.07) is 15.0. The molecule has 0 unspecified atom stereocenters. The molecule has 0 aromatic heterocycles. The zero-order valence-corrected chi connectivity index (χ0v) is 18.4. The van der Waals surface area contributed by atoms with Gasteiger partial charge in [0.2, 0.25) is 0 Å². The summed E-state index contributed by atoms with van der Waals surface area (Å²) in [6.45, 7) is 4.31. The largest absolute Gasteiger partial charge is 0.303 e. The zero-order valence-electron chi connectivity index (χ0n) is 16.0. The van der Waals surface area contributed by atoms with Crippen LogP contribution in [0.25, 0.3) is 5.57 Å². The number of rotatable bonds is 4. The van der Waals surface area contributed by atoms with Crippen molar-refractivity contribution in [1.82, 2.24) is 4.90 Å². The van der Waals surface area contributed by atoms with Gasteiger partial charge in [0.15, 0.2) is 0 Å². The number of carbonyl (C=O) groups is 2. The second kappa shape index (κ2) is 7.94. The first-order chi connectivity index (χ1) is 13.9. The van der Waals surface area contributed by atoms with Crippen molar-refractivity contribution in [3.63, 3.8) is 0 Å². The maximum atomic E-state index is 13.5. The van der Waals surface area contributed by atoms with Crippen LogP contribution in [0, 0.1) is 0 Å². The van der Waals surface area contributed by atoms with Crippen molar-refractivity contribution in [2.45, 2.75) is 32.9 Å². The lowest BCUT2D eigenvalue weighted by atomic mass is 10.1. The Morgan fingerprint density at radius 1 is 1.07 bits per heavy atom. The summed E-state index contributed by atoms with van der Waals surface area (Å²) in [4.78, 5) is 30.3. The van der Waals surface area contributed by atoms with Crippen LogP contribution >= 0.6 is 35.6 Å². The molecule has 2 aliphatic rings. The SMILES string of the molecule is CC[C@@H](C)N1C(=O)/C(=C2/C(=O)N(Cc3ccccc3Cl)c3ccccc32)SC1=S. The summed E-state index contributed by atoms with van der Waals surface area (Å²) in [5.41, 5.74) is 2.82. The lowest BCUT2D eigenvalue weighted by Gasteiger charge is -2.21. The minimum atomic E-state index is -0.198. The van der Waals surface area contributed by atoms with E-state index in [9.17, 15) is 9.59 Å². The average Bonchev–Trinajstić information content (AvgIpc) is 3.16. The van der Waals surface area contributed by atoms with Crippen molar-refractivity contribution in [2.24, 2.45) is 0 Å². The minimum absolute atomic E-state index is 0.00780. The van der Waals surface area contributed by atoms with Crippen molar-refractivity contribution in [2.75, 3.05) is 4.90 Å². The third kappa shape index (κ3) is 3.39. The van der Waals surface area contributed by atoms with Gasteiger partial charge in [0.05, 0.1) is 22.7 Å². The molecule has 29 heavy (non-hydrogen) atoms. The Labute approximate surface area is 184 Å². The number of carbonyl (C=O) groups excluding carboxylic acids is 2. The lowest BCUT2D eigenvalue weighted by Crippen LogP contribution is -2.36. The van der Waals surface area contributed by atoms with Gasteiger partial charge >= 0.3 is 0 Å². The molecular formula is C22H19ClN2O2S2. The number of para-hydroxylation sites is 1. The van der Waals surface area contributed by atoms with Crippen molar-refractivity contribution < 1.29 is 9.59 Å². The third-order valence-electron chi connectivity index (χ3n) is 5.27. The Morgan fingerprint density at radius 2 is 1.76 bits per heavy atom. The Morgan fingerprint density at radius 3 is 2.48 bits per heavy atom. The van der Waals surface area contributed by atoms with Gasteiger partial charge in [0.25, 0.3) is 11.8 Å². The second-order valence-electron chi connectivity index (χ2n) is 7.00. The molecule has 0 radical (unpaired) electrons. The predicted octanol–water partition coefficient (Wildman–Crippen LogP) is 5.26. The van der Waals surface area contributed by atoms with E-state index in [0.29, 0.717) is 26.4 Å². The van der Waals surface area contributed by atoms with Crippen molar-refractivity contribution >= 4 is 63.0 Å². The standard InChI is InChI=1S/C22H19ClN2O2S2/c1-3-13(2)25-21(27)19(29-22(25)28)18-15-9-5-7-11-17(15)24(20(18)26)12-14-8-4-6-10-16(14)23/h4-11,13H,3,12H2,1-2H3/b19-18-/t13-/m1/s1. The summed E-state index contributed by atoms with van der Waals surface area (Å²) in [7, 11) is 0. The van der Waals surface area contributed by atoms with Gasteiger partial charge in [0, 0.05) is 16.6 Å². The molecule has 4 rings (SSSR count). The van der Waals surface area contributed by atoms with Crippen LogP contribution in [-0.4, -0.2) is 27.1 Å². The van der Waals surface area contributed by atoms with Gasteiger partial charge in [-0.15, -0.1) is 0 Å². The molecule has 0 spiro atoms. The Bertz CT molecular complexity index is 1070. The Kier molecular flexibility index (Phi) is 5.51. The van der Waals surface area contributed by atoms with Gasteiger partial charge in [-0.25, -0.2) is 0 Å². The molecule has 2 heterocycles. The van der Waals surface area contributed by atoms with Gasteiger partial charge in [-0.1, -0.05) is 78.9 Å². The minimum Gasteiger partial charge on any atom is -0.303 e. The molecule has 2 amide bonds. The molecule has 0 bridgehead atoms. The van der Waals surface area contributed by atoms with E-state index in [1.54, 1.807) is 9.80 Å². The smallest absolute Gasteiger partial charge is 0.267 e. The van der Waals surface area contributed by atoms with Gasteiger partial charge in [-0.05, 0) is 31.0 Å². The molecule has 148 valence electrons. The second-order valence-corrected chi connectivity index (χ2v) is 9.06. The summed E-state index contributed by atoms with van der Waals surface area (Å²) < 4.78 is 0.502. The van der Waals surface area contributed by atoms with E-state index in [-0.39, 0.29) is 17.9 Å². The summed E-state index contributed by atoms with van der Waals surface area (Å²) >= 11 is 13.0. The van der Waals surface area contributed by atoms with E-state index in [4.69, 9.17) is 23.8 Å². The molecule has 0 N–H and O–H groups in total. The van der Waals surface area contributed by atoms with E-state index in [1.165, 1.54) is 11.8 Å². The summed E-state index contributed by atoms with van der Waals surface area (Å²) in [5.74, 6) is -0.386. The highest BCUT2D eigenvalue weighted by atomic mass is 35.5. The summed E-state index contributed by atoms with van der Waals surface area (Å²) in [6.07, 6.45) is 0.790. The van der Waals surface area contributed by atoms with Crippen LogP contribution in [0.3, 0.4) is 0 Å². The topological polar surface area (TPSA) is 40.6 Å². The van der Waals surface area contributed by atoms with Crippen LogP contribution in [0.5, 0.6) is 0 Å². The number of benzene rings is 2. The molecule has 1 fully saturated rings. The first-order valence-corrected chi connectivity index (χ1v) is 11.0. The molecule has 0 aliphatic carbocycles. The number of hydrogen-bond donors (Lipinski definition) is 0. The van der Waals surface area contributed by atoms with E-state index in [0.717, 1.165) is 23.2 Å². The molecule has 2 aliphatic heterocycles. The number of amides is 2. The highest BCUT2D eigenvalue weighted by molar-refractivity contribution is 8.26. The molecule has 4 nitrogen and oxygen atoms in total. The average molecular weight is 443 g/mol. The van der Waals surface area contributed by atoms with Gasteiger partial charge < -0.3 is 4.90 Å². The Balaban J connectivity index is 1.79. The van der Waals surface area contributed by atoms with Gasteiger partial charge in [0.1, 0.15) is 4.32 Å². The maximum absolute atomic E-state index is 13.5. The van der Waals surface area contributed by atoms with Crippen LogP contribution in [0.4, 0.5) is 5.69 Å². The van der Waals surface area contributed by atoms with Crippen LogP contribution in [-0.2, 0) is 16.1 Å². The normalized spacial score (nSPS) is 19.9. The number of fused-ring (bicyclic) bond motifs is 1. The number of nitrogens with zero attached hydrogens (tertiary/aromatic N) is 2. The number of thioether (sulfide) groups is 1. The van der Waals surface area contributed by atoms with Crippen LogP contribution < -0.4 is 4.90 Å². The first-order valence-electron chi connectivity index (χ1n) is 9.38. The number of halogens is 1. The fraction of sp³-hybridized carbons (Fsp3) is 0.227. The monoisotopic (exact) mass is 442 g/mol. The van der Waals surface area contributed by atoms with Crippen LogP contribution in [0.1, 0.15) is 31.4 Å². The summed E-state index contributed by atoms with van der Waals surface area (Å²) in [5, 5.41) is 0.606. The third-order valence-corrected chi connectivity index (χ3v) is 7.04. The van der Waals surface area contributed by atoms with E-state index < -0.39 is 0 Å². The predicted molar refractivity (Wildman–Crippen MR) is 123 cm³/mol. The van der Waals surface area contributed by atoms with Crippen molar-refractivity contribution in [3.05, 3.63) is 69.6 Å². The lowest BCUT2D eigenvalue weighted by molar-refractivity contribution is -0.123. The van der Waals surface area contributed by atoms with E-state index in [1.807, 2.05) is 62.4 Å². The van der Waals surface area contributed by atoms with Gasteiger partial charge in [-0.3, -0.25) is 14.5 Å². The molecule has 2 aromatic carbocycles. The van der Waals surface area contributed by atoms with Crippen molar-refractivity contribution in [1.29, 1.82) is 0 Å². The van der Waals surface area contributed by atoms with Gasteiger partial charge in [-0.2, -0.15) is 0 Å². The quantitative estimate of drug-likeness (QED) is 0.478. The highest BCUT2D eigenvalue weighted by Crippen LogP contribution is 2.45. The number of hydrogen-bond acceptors (Lipinski definition) is 4. The molecule has 1 saturated heterocycles. The maximum Gasteiger partial charge on any atom is 0.267 e.